The number of rotatable bonds is 2. The van der Waals surface area contributed by atoms with Crippen LogP contribution in [0.4, 0.5) is 0 Å². The van der Waals surface area contributed by atoms with E-state index in [-0.39, 0.29) is 29.0 Å². The first-order valence-corrected chi connectivity index (χ1v) is 7.39. The summed E-state index contributed by atoms with van der Waals surface area (Å²) in [4.78, 5) is 53.2. The molecule has 0 bridgehead atoms. The fourth-order valence-electron chi connectivity index (χ4n) is 2.91. The maximum Gasteiger partial charge on any atom is 0.332 e. The number of carboxylic acid groups (broad SMARTS) is 1. The first-order chi connectivity index (χ1) is 11.3. The third-order valence-corrected chi connectivity index (χ3v) is 4.36. The number of fused-ring (bicyclic) bond motifs is 1. The number of aryl methyl sites for hydroxylation is 1. The molecule has 9 nitrogen and oxygen atoms in total. The van der Waals surface area contributed by atoms with E-state index in [4.69, 9.17) is 5.11 Å². The Hall–Kier alpha value is -2.97. The number of carbonyl (C=O) groups excluding carboxylic acids is 1. The number of hydrogen-bond acceptors (Lipinski definition) is 5. The second-order valence-electron chi connectivity index (χ2n) is 5.88. The van der Waals surface area contributed by atoms with E-state index in [1.54, 1.807) is 0 Å². The predicted molar refractivity (Wildman–Crippen MR) is 83.9 cm³/mol. The second-order valence-corrected chi connectivity index (χ2v) is 5.88. The quantitative estimate of drug-likeness (QED) is 0.768. The molecule has 126 valence electrons. The third kappa shape index (κ3) is 2.38. The van der Waals surface area contributed by atoms with Crippen LogP contribution >= 0.6 is 0 Å². The number of carbonyl (C=O) groups is 2. The van der Waals surface area contributed by atoms with E-state index in [1.807, 2.05) is 0 Å². The fraction of sp³-hybridized carbons (Fsp3) is 0.400. The summed E-state index contributed by atoms with van der Waals surface area (Å²) in [6.45, 7) is 0.483. The first kappa shape index (κ1) is 15.9. The molecule has 1 atom stereocenters. The van der Waals surface area contributed by atoms with Gasteiger partial charge in [-0.1, -0.05) is 0 Å². The lowest BCUT2D eigenvalue weighted by molar-refractivity contribution is -0.141. The SMILES string of the molecule is Cn1c(=O)c2cc(C(=O)N3CCC(C(=O)O)C3)cnc2n(C)c1=O. The highest BCUT2D eigenvalue weighted by Crippen LogP contribution is 2.19. The molecule has 0 saturated carbocycles. The van der Waals surface area contributed by atoms with Gasteiger partial charge >= 0.3 is 11.7 Å². The van der Waals surface area contributed by atoms with Crippen molar-refractivity contribution < 1.29 is 14.7 Å². The van der Waals surface area contributed by atoms with Crippen LogP contribution in [0, 0.1) is 5.92 Å². The molecular weight excluding hydrogens is 316 g/mol. The molecule has 2 aromatic rings. The highest BCUT2D eigenvalue weighted by molar-refractivity contribution is 5.97. The maximum atomic E-state index is 12.5. The van der Waals surface area contributed by atoms with Crippen molar-refractivity contribution in [2.45, 2.75) is 6.42 Å². The lowest BCUT2D eigenvalue weighted by Gasteiger charge is -2.16. The molecule has 1 amide bonds. The van der Waals surface area contributed by atoms with Gasteiger partial charge in [0.15, 0.2) is 0 Å². The molecule has 24 heavy (non-hydrogen) atoms. The molecular formula is C15H16N4O5. The topological polar surface area (TPSA) is 114 Å². The average molecular weight is 332 g/mol. The molecule has 3 heterocycles. The van der Waals surface area contributed by atoms with Crippen molar-refractivity contribution in [2.24, 2.45) is 20.0 Å². The molecule has 0 aromatic carbocycles. The minimum Gasteiger partial charge on any atom is -0.481 e. The van der Waals surface area contributed by atoms with Gasteiger partial charge in [-0.25, -0.2) is 9.78 Å². The predicted octanol–water partition coefficient (Wildman–Crippen LogP) is -0.821. The van der Waals surface area contributed by atoms with Gasteiger partial charge in [-0.2, -0.15) is 0 Å². The van der Waals surface area contributed by atoms with Gasteiger partial charge in [-0.15, -0.1) is 0 Å². The largest absolute Gasteiger partial charge is 0.481 e. The molecule has 1 fully saturated rings. The lowest BCUT2D eigenvalue weighted by Crippen LogP contribution is -2.37. The van der Waals surface area contributed by atoms with Crippen LogP contribution in [0.3, 0.4) is 0 Å². The lowest BCUT2D eigenvalue weighted by atomic mass is 10.1. The van der Waals surface area contributed by atoms with Crippen LogP contribution in [0.15, 0.2) is 21.9 Å². The van der Waals surface area contributed by atoms with Crippen LogP contribution in [0.25, 0.3) is 11.0 Å². The molecule has 0 spiro atoms. The van der Waals surface area contributed by atoms with E-state index >= 15 is 0 Å². The molecule has 0 aliphatic carbocycles. The van der Waals surface area contributed by atoms with Crippen molar-refractivity contribution in [3.63, 3.8) is 0 Å². The van der Waals surface area contributed by atoms with Crippen LogP contribution < -0.4 is 11.2 Å². The van der Waals surface area contributed by atoms with E-state index < -0.39 is 23.1 Å². The molecule has 3 rings (SSSR count). The van der Waals surface area contributed by atoms with Gasteiger partial charge in [0.05, 0.1) is 16.9 Å². The van der Waals surface area contributed by atoms with Crippen LogP contribution in [0.5, 0.6) is 0 Å². The zero-order valence-corrected chi connectivity index (χ0v) is 13.2. The Morgan fingerprint density at radius 1 is 1.25 bits per heavy atom. The second kappa shape index (κ2) is 5.59. The number of aromatic nitrogens is 3. The minimum atomic E-state index is -0.925. The van der Waals surface area contributed by atoms with E-state index in [1.165, 1.54) is 35.8 Å². The van der Waals surface area contributed by atoms with Crippen molar-refractivity contribution in [3.8, 4) is 0 Å². The van der Waals surface area contributed by atoms with Gasteiger partial charge in [-0.05, 0) is 12.5 Å². The maximum absolute atomic E-state index is 12.5. The van der Waals surface area contributed by atoms with Crippen molar-refractivity contribution >= 4 is 22.9 Å². The van der Waals surface area contributed by atoms with Crippen LogP contribution in [-0.2, 0) is 18.9 Å². The van der Waals surface area contributed by atoms with Crippen molar-refractivity contribution in [1.29, 1.82) is 0 Å². The molecule has 1 aliphatic heterocycles. The van der Waals surface area contributed by atoms with Gasteiger partial charge in [0.1, 0.15) is 5.65 Å². The van der Waals surface area contributed by atoms with E-state index in [2.05, 4.69) is 4.98 Å². The number of likely N-dealkylation sites (tertiary alicyclic amines) is 1. The Morgan fingerprint density at radius 3 is 2.58 bits per heavy atom. The van der Waals surface area contributed by atoms with Gasteiger partial charge in [0.2, 0.25) is 0 Å². The zero-order chi connectivity index (χ0) is 17.6. The molecule has 1 N–H and O–H groups in total. The summed E-state index contributed by atoms with van der Waals surface area (Å²) in [5.41, 5.74) is -0.628. The number of carboxylic acids is 1. The van der Waals surface area contributed by atoms with Crippen LogP contribution in [-0.4, -0.2) is 49.1 Å². The Balaban J connectivity index is 2.03. The summed E-state index contributed by atoms with van der Waals surface area (Å²) >= 11 is 0. The normalized spacial score (nSPS) is 17.4. The Morgan fingerprint density at radius 2 is 1.96 bits per heavy atom. The molecule has 1 aliphatic rings. The van der Waals surface area contributed by atoms with E-state index in [0.717, 1.165) is 4.57 Å². The van der Waals surface area contributed by atoms with Gasteiger partial charge in [0, 0.05) is 33.4 Å². The number of pyridine rings is 1. The van der Waals surface area contributed by atoms with E-state index in [9.17, 15) is 19.2 Å². The molecule has 9 heteroatoms. The smallest absolute Gasteiger partial charge is 0.332 e. The fourth-order valence-corrected chi connectivity index (χ4v) is 2.91. The minimum absolute atomic E-state index is 0.136. The van der Waals surface area contributed by atoms with Crippen LogP contribution in [0.2, 0.25) is 0 Å². The van der Waals surface area contributed by atoms with Gasteiger partial charge in [0.25, 0.3) is 11.5 Å². The molecule has 0 radical (unpaired) electrons. The van der Waals surface area contributed by atoms with Crippen LogP contribution in [0.1, 0.15) is 16.8 Å². The number of aliphatic carboxylic acids is 1. The molecule has 1 unspecified atom stereocenters. The monoisotopic (exact) mass is 332 g/mol. The molecule has 1 saturated heterocycles. The van der Waals surface area contributed by atoms with Crippen molar-refractivity contribution in [2.75, 3.05) is 13.1 Å². The number of amides is 1. The Kier molecular flexibility index (Phi) is 3.70. The summed E-state index contributed by atoms with van der Waals surface area (Å²) in [6.07, 6.45) is 1.70. The van der Waals surface area contributed by atoms with Crippen molar-refractivity contribution in [3.05, 3.63) is 38.7 Å². The summed E-state index contributed by atoms with van der Waals surface area (Å²) in [7, 11) is 2.85. The highest BCUT2D eigenvalue weighted by atomic mass is 16.4. The van der Waals surface area contributed by atoms with Crippen molar-refractivity contribution in [1.82, 2.24) is 19.0 Å². The Labute approximate surface area is 135 Å². The van der Waals surface area contributed by atoms with E-state index in [0.29, 0.717) is 13.0 Å². The number of nitrogens with zero attached hydrogens (tertiary/aromatic N) is 4. The summed E-state index contributed by atoms with van der Waals surface area (Å²) in [6, 6.07) is 1.40. The third-order valence-electron chi connectivity index (χ3n) is 4.36. The summed E-state index contributed by atoms with van der Waals surface area (Å²) in [5.74, 6) is -1.87. The van der Waals surface area contributed by atoms with Gasteiger partial charge in [-0.3, -0.25) is 23.5 Å². The number of hydrogen-bond donors (Lipinski definition) is 1. The highest BCUT2D eigenvalue weighted by Gasteiger charge is 2.31. The summed E-state index contributed by atoms with van der Waals surface area (Å²) < 4.78 is 2.19. The van der Waals surface area contributed by atoms with Gasteiger partial charge < -0.3 is 10.0 Å². The Bertz CT molecular complexity index is 974. The zero-order valence-electron chi connectivity index (χ0n) is 13.2. The standard InChI is InChI=1S/C15H16N4O5/c1-17-11-10(13(21)18(2)15(17)24)5-9(6-16-11)12(20)19-4-3-8(7-19)14(22)23/h5-6,8H,3-4,7H2,1-2H3,(H,22,23). The first-order valence-electron chi connectivity index (χ1n) is 7.39. The average Bonchev–Trinajstić information content (AvgIpc) is 3.07. The molecule has 2 aromatic heterocycles. The summed E-state index contributed by atoms with van der Waals surface area (Å²) in [5, 5.41) is 9.19.